The van der Waals surface area contributed by atoms with Crippen molar-refractivity contribution in [1.82, 2.24) is 10.4 Å². The van der Waals surface area contributed by atoms with Gasteiger partial charge >= 0.3 is 0 Å². The zero-order chi connectivity index (χ0) is 13.1. The van der Waals surface area contributed by atoms with Crippen molar-refractivity contribution in [2.75, 3.05) is 0 Å². The zero-order valence-electron chi connectivity index (χ0n) is 11.1. The van der Waals surface area contributed by atoms with Gasteiger partial charge in [-0.25, -0.2) is 5.43 Å². The van der Waals surface area contributed by atoms with Crippen LogP contribution in [0.3, 0.4) is 0 Å². The van der Waals surface area contributed by atoms with Crippen LogP contribution < -0.4 is 11.3 Å². The second-order valence-corrected chi connectivity index (χ2v) is 4.72. The van der Waals surface area contributed by atoms with Gasteiger partial charge in [-0.3, -0.25) is 10.8 Å². The molecular formula is C15H19N3. The first-order chi connectivity index (χ1) is 8.60. The fourth-order valence-corrected chi connectivity index (χ4v) is 2.25. The van der Waals surface area contributed by atoms with E-state index in [-0.39, 0.29) is 6.04 Å². The smallest absolute Gasteiger partial charge is 0.0881 e. The summed E-state index contributed by atoms with van der Waals surface area (Å²) in [6, 6.07) is 12.4. The predicted molar refractivity (Wildman–Crippen MR) is 74.1 cm³/mol. The molecule has 2 rings (SSSR count). The Hall–Kier alpha value is -1.71. The molecule has 1 aromatic carbocycles. The van der Waals surface area contributed by atoms with Gasteiger partial charge < -0.3 is 0 Å². The lowest BCUT2D eigenvalue weighted by Crippen LogP contribution is -2.29. The summed E-state index contributed by atoms with van der Waals surface area (Å²) in [7, 11) is 0. The van der Waals surface area contributed by atoms with Crippen molar-refractivity contribution < 1.29 is 0 Å². The van der Waals surface area contributed by atoms with Gasteiger partial charge in [-0.1, -0.05) is 35.4 Å². The van der Waals surface area contributed by atoms with Gasteiger partial charge in [-0.05, 0) is 38.5 Å². The maximum absolute atomic E-state index is 5.70. The van der Waals surface area contributed by atoms with E-state index in [0.29, 0.717) is 0 Å². The Labute approximate surface area is 108 Å². The number of hydrogen-bond donors (Lipinski definition) is 2. The van der Waals surface area contributed by atoms with Crippen molar-refractivity contribution in [3.63, 3.8) is 0 Å². The number of nitrogens with one attached hydrogen (secondary N) is 1. The molecule has 0 spiro atoms. The topological polar surface area (TPSA) is 50.9 Å². The normalized spacial score (nSPS) is 12.4. The summed E-state index contributed by atoms with van der Waals surface area (Å²) >= 11 is 0. The van der Waals surface area contributed by atoms with E-state index in [0.717, 1.165) is 17.0 Å². The lowest BCUT2D eigenvalue weighted by atomic mass is 9.99. The van der Waals surface area contributed by atoms with E-state index in [1.54, 1.807) is 0 Å². The van der Waals surface area contributed by atoms with Gasteiger partial charge in [0.25, 0.3) is 0 Å². The molecule has 1 unspecified atom stereocenters. The summed E-state index contributed by atoms with van der Waals surface area (Å²) in [4.78, 5) is 4.54. The fourth-order valence-electron chi connectivity index (χ4n) is 2.25. The summed E-state index contributed by atoms with van der Waals surface area (Å²) in [6.07, 6.45) is 0. The Kier molecular flexibility index (Phi) is 3.75. The molecule has 0 aliphatic rings. The lowest BCUT2D eigenvalue weighted by molar-refractivity contribution is 0.618. The van der Waals surface area contributed by atoms with Crippen LogP contribution in [0, 0.1) is 20.8 Å². The molecule has 3 N–H and O–H groups in total. The quantitative estimate of drug-likeness (QED) is 0.641. The molecule has 2 aromatic rings. The van der Waals surface area contributed by atoms with Crippen LogP contribution in [0.15, 0.2) is 36.4 Å². The van der Waals surface area contributed by atoms with Crippen molar-refractivity contribution in [3.8, 4) is 0 Å². The van der Waals surface area contributed by atoms with Gasteiger partial charge in [-0.15, -0.1) is 0 Å². The second kappa shape index (κ2) is 5.29. The third-order valence-electron chi connectivity index (χ3n) is 2.95. The second-order valence-electron chi connectivity index (χ2n) is 4.72. The molecule has 0 bridgehead atoms. The first-order valence-corrected chi connectivity index (χ1v) is 6.08. The Balaban J connectivity index is 2.45. The van der Waals surface area contributed by atoms with Gasteiger partial charge in [0.2, 0.25) is 0 Å². The number of aromatic nitrogens is 1. The minimum atomic E-state index is -0.0662. The van der Waals surface area contributed by atoms with Crippen LogP contribution in [0.2, 0.25) is 0 Å². The van der Waals surface area contributed by atoms with Crippen LogP contribution in [0.25, 0.3) is 0 Å². The number of pyridine rings is 1. The molecule has 0 aliphatic carbocycles. The molecule has 0 aliphatic heterocycles. The van der Waals surface area contributed by atoms with Crippen LogP contribution in [-0.2, 0) is 0 Å². The summed E-state index contributed by atoms with van der Waals surface area (Å²) in [5, 5.41) is 0. The zero-order valence-corrected chi connectivity index (χ0v) is 11.1. The van der Waals surface area contributed by atoms with Gasteiger partial charge in [0, 0.05) is 5.69 Å². The van der Waals surface area contributed by atoms with Crippen molar-refractivity contribution in [2.24, 2.45) is 5.84 Å². The average Bonchev–Trinajstić information content (AvgIpc) is 2.28. The van der Waals surface area contributed by atoms with E-state index in [2.05, 4.69) is 42.5 Å². The molecule has 0 fully saturated rings. The van der Waals surface area contributed by atoms with Crippen molar-refractivity contribution in [2.45, 2.75) is 26.8 Å². The SMILES string of the molecule is Cc1cc(C)cc(C(NN)c2cccc(C)n2)c1. The van der Waals surface area contributed by atoms with E-state index < -0.39 is 0 Å². The number of nitrogens with zero attached hydrogens (tertiary/aromatic N) is 1. The van der Waals surface area contributed by atoms with Gasteiger partial charge in [0.15, 0.2) is 0 Å². The standard InChI is InChI=1S/C15H19N3/c1-10-7-11(2)9-13(8-10)15(18-16)14-6-4-5-12(3)17-14/h4-9,15,18H,16H2,1-3H3. The third kappa shape index (κ3) is 2.75. The number of hydrogen-bond acceptors (Lipinski definition) is 3. The molecule has 0 amide bonds. The first-order valence-electron chi connectivity index (χ1n) is 6.08. The molecule has 3 heteroatoms. The molecule has 18 heavy (non-hydrogen) atoms. The molecule has 0 saturated carbocycles. The first kappa shape index (κ1) is 12.7. The summed E-state index contributed by atoms with van der Waals surface area (Å²) in [5.41, 5.74) is 8.41. The minimum absolute atomic E-state index is 0.0662. The van der Waals surface area contributed by atoms with Crippen LogP contribution in [0.4, 0.5) is 0 Å². The van der Waals surface area contributed by atoms with Crippen molar-refractivity contribution in [3.05, 3.63) is 64.5 Å². The number of benzene rings is 1. The minimum Gasteiger partial charge on any atom is -0.271 e. The molecule has 0 radical (unpaired) electrons. The van der Waals surface area contributed by atoms with Crippen molar-refractivity contribution in [1.29, 1.82) is 0 Å². The summed E-state index contributed by atoms with van der Waals surface area (Å²) < 4.78 is 0. The molecule has 0 saturated heterocycles. The van der Waals surface area contributed by atoms with Gasteiger partial charge in [-0.2, -0.15) is 0 Å². The largest absolute Gasteiger partial charge is 0.271 e. The van der Waals surface area contributed by atoms with E-state index in [9.17, 15) is 0 Å². The number of nitrogens with two attached hydrogens (primary N) is 1. The highest BCUT2D eigenvalue weighted by Crippen LogP contribution is 2.22. The number of aryl methyl sites for hydroxylation is 3. The third-order valence-corrected chi connectivity index (χ3v) is 2.95. The fraction of sp³-hybridized carbons (Fsp3) is 0.267. The van der Waals surface area contributed by atoms with E-state index in [4.69, 9.17) is 5.84 Å². The van der Waals surface area contributed by atoms with E-state index in [1.165, 1.54) is 11.1 Å². The predicted octanol–water partition coefficient (Wildman–Crippen LogP) is 2.56. The highest BCUT2D eigenvalue weighted by atomic mass is 15.2. The summed E-state index contributed by atoms with van der Waals surface area (Å²) in [5.74, 6) is 5.70. The van der Waals surface area contributed by atoms with Crippen molar-refractivity contribution >= 4 is 0 Å². The molecule has 94 valence electrons. The highest BCUT2D eigenvalue weighted by Gasteiger charge is 2.14. The molecule has 3 nitrogen and oxygen atoms in total. The lowest BCUT2D eigenvalue weighted by Gasteiger charge is -2.17. The molecule has 1 aromatic heterocycles. The molecular weight excluding hydrogens is 222 g/mol. The van der Waals surface area contributed by atoms with E-state index >= 15 is 0 Å². The Bertz CT molecular complexity index is 529. The Morgan fingerprint density at radius 2 is 1.72 bits per heavy atom. The summed E-state index contributed by atoms with van der Waals surface area (Å²) in [6.45, 7) is 6.17. The Morgan fingerprint density at radius 3 is 2.28 bits per heavy atom. The van der Waals surface area contributed by atoms with Crippen LogP contribution in [0.1, 0.15) is 34.1 Å². The monoisotopic (exact) mass is 241 g/mol. The van der Waals surface area contributed by atoms with Crippen LogP contribution >= 0.6 is 0 Å². The average molecular weight is 241 g/mol. The van der Waals surface area contributed by atoms with Gasteiger partial charge in [0.05, 0.1) is 11.7 Å². The molecule has 1 heterocycles. The Morgan fingerprint density at radius 1 is 1.06 bits per heavy atom. The molecule has 1 atom stereocenters. The highest BCUT2D eigenvalue weighted by molar-refractivity contribution is 5.35. The van der Waals surface area contributed by atoms with Gasteiger partial charge in [0.1, 0.15) is 0 Å². The number of rotatable bonds is 3. The maximum Gasteiger partial charge on any atom is 0.0881 e. The van der Waals surface area contributed by atoms with Crippen LogP contribution in [-0.4, -0.2) is 4.98 Å². The number of hydrazine groups is 1. The maximum atomic E-state index is 5.70. The van der Waals surface area contributed by atoms with Crippen LogP contribution in [0.5, 0.6) is 0 Å². The van der Waals surface area contributed by atoms with E-state index in [1.807, 2.05) is 25.1 Å².